The number of hydrogen-bond donors (Lipinski definition) is 4. The van der Waals surface area contributed by atoms with Gasteiger partial charge >= 0.3 is 5.97 Å². The lowest BCUT2D eigenvalue weighted by Gasteiger charge is -2.56. The molecule has 2 amide bonds. The minimum absolute atomic E-state index is 0.0802. The summed E-state index contributed by atoms with van der Waals surface area (Å²) in [7, 11) is 1.30. The Balaban J connectivity index is 1.48. The first-order valence-electron chi connectivity index (χ1n) is 20.3. The maximum Gasteiger partial charge on any atom is 0.337 e. The zero-order valence-corrected chi connectivity index (χ0v) is 34.6. The van der Waals surface area contributed by atoms with Gasteiger partial charge in [-0.15, -0.1) is 0 Å². The Morgan fingerprint density at radius 1 is 0.845 bits per heavy atom. The fraction of sp³-hybridized carbons (Fsp3) is 0.426. The molecule has 3 fully saturated rings. The van der Waals surface area contributed by atoms with E-state index in [1.165, 1.54) is 13.2 Å². The minimum atomic E-state index is -1.45. The van der Waals surface area contributed by atoms with Crippen molar-refractivity contribution in [1.82, 2.24) is 10.2 Å². The van der Waals surface area contributed by atoms with Gasteiger partial charge in [-0.1, -0.05) is 104 Å². The average Bonchev–Trinajstić information content (AvgIpc) is 3.65. The van der Waals surface area contributed by atoms with E-state index >= 15 is 9.59 Å². The Morgan fingerprint density at radius 3 is 2.12 bits per heavy atom. The van der Waals surface area contributed by atoms with Crippen LogP contribution in [-0.4, -0.2) is 63.7 Å². The van der Waals surface area contributed by atoms with Gasteiger partial charge in [-0.3, -0.25) is 14.5 Å². The number of carbonyl (C=O) groups excluding carboxylic acids is 3. The van der Waals surface area contributed by atoms with Crippen LogP contribution < -0.4 is 10.6 Å². The summed E-state index contributed by atoms with van der Waals surface area (Å²) < 4.78 is 5.20. The third kappa shape index (κ3) is 6.82. The van der Waals surface area contributed by atoms with Crippen LogP contribution in [0.1, 0.15) is 116 Å². The predicted octanol–water partition coefficient (Wildman–Crippen LogP) is 8.67. The molecule has 9 nitrogen and oxygen atoms in total. The van der Waals surface area contributed by atoms with Gasteiger partial charge in [0.15, 0.2) is 0 Å². The SMILES string of the molecule is COC(=O)c1cc(Cl)cc([C@H]2[C@H](C(=O)N[C@H]3CC[C@H](O)CC3)N([C@H](c3ccccc3)[C@@H](O)c3ccccc3)C3(CCC(C)(C)CC3)[C@@]23C(=O)Nc2cc(Cl)ccc23)c1. The van der Waals surface area contributed by atoms with Crippen LogP contribution in [0.15, 0.2) is 97.1 Å². The van der Waals surface area contributed by atoms with Gasteiger partial charge in [-0.25, -0.2) is 4.79 Å². The van der Waals surface area contributed by atoms with Gasteiger partial charge in [0, 0.05) is 33.2 Å². The summed E-state index contributed by atoms with van der Waals surface area (Å²) in [6.45, 7) is 4.47. The second-order valence-electron chi connectivity index (χ2n) is 17.5. The van der Waals surface area contributed by atoms with Gasteiger partial charge in [0.2, 0.25) is 11.8 Å². The largest absolute Gasteiger partial charge is 0.465 e. The van der Waals surface area contributed by atoms with Gasteiger partial charge in [0.25, 0.3) is 0 Å². The molecule has 0 bridgehead atoms. The molecular weight excluding hydrogens is 773 g/mol. The van der Waals surface area contributed by atoms with Crippen LogP contribution in [0.5, 0.6) is 0 Å². The molecule has 2 heterocycles. The van der Waals surface area contributed by atoms with Gasteiger partial charge in [0.1, 0.15) is 5.41 Å². The number of amides is 2. The normalized spacial score (nSPS) is 27.1. The molecule has 304 valence electrons. The number of esters is 1. The van der Waals surface area contributed by atoms with E-state index in [1.807, 2.05) is 66.7 Å². The van der Waals surface area contributed by atoms with Crippen molar-refractivity contribution in [2.45, 2.75) is 112 Å². The summed E-state index contributed by atoms with van der Waals surface area (Å²) in [6, 6.07) is 27.5. The summed E-state index contributed by atoms with van der Waals surface area (Å²) in [5.41, 5.74) is 0.823. The lowest BCUT2D eigenvalue weighted by molar-refractivity contribution is -0.137. The number of ether oxygens (including phenoxy) is 1. The molecule has 1 saturated heterocycles. The molecular formula is C47H51Cl2N3O6. The number of benzene rings is 4. The molecule has 2 spiro atoms. The van der Waals surface area contributed by atoms with Crippen molar-refractivity contribution in [2.75, 3.05) is 12.4 Å². The molecule has 4 aromatic rings. The number of nitrogens with zero attached hydrogens (tertiary/aromatic N) is 1. The Kier molecular flexibility index (Phi) is 11.0. The zero-order chi connectivity index (χ0) is 41.0. The maximum atomic E-state index is 15.8. The fourth-order valence-corrected chi connectivity index (χ4v) is 11.3. The summed E-state index contributed by atoms with van der Waals surface area (Å²) in [5, 5.41) is 30.7. The molecule has 8 rings (SSSR count). The van der Waals surface area contributed by atoms with Gasteiger partial charge in [0.05, 0.1) is 37.0 Å². The number of methoxy groups -OCH3 is 1. The predicted molar refractivity (Wildman–Crippen MR) is 225 cm³/mol. The summed E-state index contributed by atoms with van der Waals surface area (Å²) in [4.78, 5) is 47.1. The van der Waals surface area contributed by atoms with Gasteiger partial charge in [-0.05, 0) is 109 Å². The van der Waals surface area contributed by atoms with Crippen LogP contribution >= 0.6 is 23.2 Å². The third-order valence-corrected chi connectivity index (χ3v) is 14.1. The highest BCUT2D eigenvalue weighted by Crippen LogP contribution is 2.69. The van der Waals surface area contributed by atoms with E-state index in [1.54, 1.807) is 24.3 Å². The molecule has 2 aliphatic carbocycles. The van der Waals surface area contributed by atoms with Crippen molar-refractivity contribution in [3.8, 4) is 0 Å². The van der Waals surface area contributed by atoms with E-state index in [0.717, 1.165) is 18.4 Å². The summed E-state index contributed by atoms with van der Waals surface area (Å²) >= 11 is 13.6. The van der Waals surface area contributed by atoms with Crippen molar-refractivity contribution < 1.29 is 29.3 Å². The number of fused-ring (bicyclic) bond motifs is 3. The molecule has 0 unspecified atom stereocenters. The minimum Gasteiger partial charge on any atom is -0.465 e. The number of anilines is 1. The number of hydrogen-bond acceptors (Lipinski definition) is 7. The van der Waals surface area contributed by atoms with Gasteiger partial charge in [-0.2, -0.15) is 0 Å². The van der Waals surface area contributed by atoms with Crippen molar-refractivity contribution in [2.24, 2.45) is 5.41 Å². The Labute approximate surface area is 350 Å². The van der Waals surface area contributed by atoms with Crippen molar-refractivity contribution in [3.05, 3.63) is 135 Å². The van der Waals surface area contributed by atoms with Crippen LogP contribution in [0.2, 0.25) is 10.0 Å². The van der Waals surface area contributed by atoms with Crippen LogP contribution in [0.4, 0.5) is 5.69 Å². The quantitative estimate of drug-likeness (QED) is 0.131. The summed E-state index contributed by atoms with van der Waals surface area (Å²) in [6.07, 6.45) is 3.22. The number of likely N-dealkylation sites (tertiary alicyclic amines) is 1. The first-order chi connectivity index (χ1) is 27.8. The third-order valence-electron chi connectivity index (χ3n) is 13.6. The second-order valence-corrected chi connectivity index (χ2v) is 18.3. The van der Waals surface area contributed by atoms with Crippen LogP contribution in [0, 0.1) is 5.41 Å². The number of rotatable bonds is 8. The molecule has 4 aromatic carbocycles. The second kappa shape index (κ2) is 15.7. The fourth-order valence-electron chi connectivity index (χ4n) is 10.9. The van der Waals surface area contributed by atoms with Crippen molar-refractivity contribution in [3.63, 3.8) is 0 Å². The topological polar surface area (TPSA) is 128 Å². The summed E-state index contributed by atoms with van der Waals surface area (Å²) in [5.74, 6) is -2.12. The maximum absolute atomic E-state index is 15.8. The Bertz CT molecular complexity index is 2180. The average molecular weight is 825 g/mol. The zero-order valence-electron chi connectivity index (χ0n) is 33.1. The van der Waals surface area contributed by atoms with E-state index < -0.39 is 47.1 Å². The van der Waals surface area contributed by atoms with E-state index in [9.17, 15) is 15.0 Å². The lowest BCUT2D eigenvalue weighted by Crippen LogP contribution is -2.64. The highest BCUT2D eigenvalue weighted by atomic mass is 35.5. The van der Waals surface area contributed by atoms with E-state index in [-0.39, 0.29) is 33.9 Å². The van der Waals surface area contributed by atoms with Crippen molar-refractivity contribution in [1.29, 1.82) is 0 Å². The Hall–Kier alpha value is -4.25. The molecule has 2 saturated carbocycles. The first-order valence-corrected chi connectivity index (χ1v) is 21.1. The van der Waals surface area contributed by atoms with Crippen LogP contribution in [0.25, 0.3) is 0 Å². The lowest BCUT2D eigenvalue weighted by atomic mass is 9.53. The molecule has 4 N–H and O–H groups in total. The number of halogens is 2. The van der Waals surface area contributed by atoms with Crippen LogP contribution in [-0.2, 0) is 19.7 Å². The molecule has 11 heteroatoms. The number of aliphatic hydroxyl groups excluding tert-OH is 2. The number of nitrogens with one attached hydrogen (secondary N) is 2. The van der Waals surface area contributed by atoms with E-state index in [2.05, 4.69) is 29.4 Å². The molecule has 0 radical (unpaired) electrons. The van der Waals surface area contributed by atoms with Crippen molar-refractivity contribution >= 4 is 46.7 Å². The molecule has 58 heavy (non-hydrogen) atoms. The monoisotopic (exact) mass is 823 g/mol. The highest BCUT2D eigenvalue weighted by molar-refractivity contribution is 6.31. The molecule has 4 aliphatic rings. The number of aliphatic hydroxyl groups is 2. The van der Waals surface area contributed by atoms with Crippen LogP contribution in [0.3, 0.4) is 0 Å². The molecule has 5 atom stereocenters. The smallest absolute Gasteiger partial charge is 0.337 e. The van der Waals surface area contributed by atoms with E-state index in [4.69, 9.17) is 27.9 Å². The first kappa shape index (κ1) is 40.5. The molecule has 2 aliphatic heterocycles. The number of carbonyl (C=O) groups is 3. The highest BCUT2D eigenvalue weighted by Gasteiger charge is 2.77. The van der Waals surface area contributed by atoms with Gasteiger partial charge < -0.3 is 25.6 Å². The van der Waals surface area contributed by atoms with E-state index in [0.29, 0.717) is 65.9 Å². The standard InChI is InChI=1S/C47H51Cl2N3O6/c1-45(2)20-22-46(23-21-45)47(36-19-14-32(48)27-37(36)51-44(47)57)38(30-24-31(43(56)58-3)26-33(49)25-30)40(42(55)50-34-15-17-35(53)18-16-34)52(46)39(28-10-6-4-7-11-28)41(54)29-12-8-5-9-13-29/h4-14,19,24-27,34-35,38-41,53-54H,15-18,20-23H2,1-3H3,(H,50,55)(H,51,57)/t34-,35-,38-,39+,40+,41-,47+/m0/s1. The Morgan fingerprint density at radius 2 is 1.48 bits per heavy atom. The molecule has 0 aromatic heterocycles.